The maximum atomic E-state index is 12.6. The normalized spacial score (nSPS) is 14.2. The summed E-state index contributed by atoms with van der Waals surface area (Å²) in [6.07, 6.45) is 0.579. The van der Waals surface area contributed by atoms with Gasteiger partial charge in [0.2, 0.25) is 12.4 Å². The summed E-state index contributed by atoms with van der Waals surface area (Å²) in [5.74, 6) is -1.37. The number of anilines is 1. The Bertz CT molecular complexity index is 1390. The van der Waals surface area contributed by atoms with E-state index in [1.54, 1.807) is 19.2 Å². The van der Waals surface area contributed by atoms with E-state index in [9.17, 15) is 18.0 Å². The van der Waals surface area contributed by atoms with E-state index in [1.165, 1.54) is 18.6 Å². The van der Waals surface area contributed by atoms with Crippen molar-refractivity contribution in [1.29, 1.82) is 0 Å². The van der Waals surface area contributed by atoms with Crippen molar-refractivity contribution in [1.82, 2.24) is 15.0 Å². The van der Waals surface area contributed by atoms with Gasteiger partial charge < -0.3 is 4.90 Å². The molecule has 7 nitrogen and oxygen atoms in total. The van der Waals surface area contributed by atoms with Gasteiger partial charge in [-0.25, -0.2) is 9.78 Å². The molecule has 0 saturated carbocycles. The van der Waals surface area contributed by atoms with Crippen LogP contribution in [0.25, 0.3) is 22.2 Å². The first kappa shape index (κ1) is 21.7. The smallest absolute Gasteiger partial charge is 0.355 e. The van der Waals surface area contributed by atoms with Crippen LogP contribution in [0.15, 0.2) is 67.3 Å². The molecule has 0 unspecified atom stereocenters. The molecule has 0 spiro atoms. The summed E-state index contributed by atoms with van der Waals surface area (Å²) < 4.78 is 38.6. The van der Waals surface area contributed by atoms with Crippen LogP contribution in [0.1, 0.15) is 17.2 Å². The minimum absolute atomic E-state index is 0.0581. The highest BCUT2D eigenvalue weighted by Gasteiger charge is 2.45. The summed E-state index contributed by atoms with van der Waals surface area (Å²) in [6.45, 7) is 3.15. The number of halogens is 3. The monoisotopic (exact) mass is 466 g/mol. The van der Waals surface area contributed by atoms with Gasteiger partial charge in [-0.2, -0.15) is 18.0 Å². The summed E-state index contributed by atoms with van der Waals surface area (Å²) in [4.78, 5) is 31.5. The maximum absolute atomic E-state index is 12.6. The average molecular weight is 466 g/mol. The van der Waals surface area contributed by atoms with E-state index in [1.807, 2.05) is 36.4 Å². The van der Waals surface area contributed by atoms with Crippen molar-refractivity contribution in [3.8, 4) is 11.3 Å². The predicted octanol–water partition coefficient (Wildman–Crippen LogP) is 3.41. The molecule has 0 amide bonds. The number of aryl methyl sites for hydroxylation is 1. The number of alkyl halides is 3. The topological polar surface area (TPSA) is 72.1 Å². The van der Waals surface area contributed by atoms with Gasteiger partial charge in [-0.05, 0) is 30.7 Å². The number of para-hydroxylation sites is 1. The molecule has 0 radical (unpaired) electrons. The van der Waals surface area contributed by atoms with Crippen LogP contribution in [-0.2, 0) is 4.79 Å². The molecule has 34 heavy (non-hydrogen) atoms. The number of nitrogens with zero attached hydrogens (tertiary/aromatic N) is 5. The molecule has 10 heteroatoms. The third-order valence-electron chi connectivity index (χ3n) is 5.73. The average Bonchev–Trinajstić information content (AvgIpc) is 2.79. The highest BCUT2D eigenvalue weighted by Crippen LogP contribution is 2.35. The maximum Gasteiger partial charge on any atom is 0.498 e. The minimum atomic E-state index is -5.10. The van der Waals surface area contributed by atoms with Crippen molar-refractivity contribution in [3.05, 3.63) is 78.5 Å². The van der Waals surface area contributed by atoms with Gasteiger partial charge in [-0.1, -0.05) is 18.2 Å². The molecule has 172 valence electrons. The molecular weight excluding hydrogens is 447 g/mol. The number of aromatic nitrogens is 4. The highest BCUT2D eigenvalue weighted by molar-refractivity contribution is 5.80. The summed E-state index contributed by atoms with van der Waals surface area (Å²) in [7, 11) is 0. The predicted molar refractivity (Wildman–Crippen MR) is 117 cm³/mol. The van der Waals surface area contributed by atoms with Gasteiger partial charge in [0.25, 0.3) is 0 Å². The molecule has 5 rings (SSSR count). The van der Waals surface area contributed by atoms with E-state index >= 15 is 0 Å². The lowest BCUT2D eigenvalue weighted by Crippen LogP contribution is -2.50. The van der Waals surface area contributed by atoms with Gasteiger partial charge in [0.1, 0.15) is 5.82 Å². The van der Waals surface area contributed by atoms with Crippen LogP contribution >= 0.6 is 0 Å². The highest BCUT2D eigenvalue weighted by atomic mass is 19.4. The number of carbonyl (C=O) groups is 1. The van der Waals surface area contributed by atoms with Gasteiger partial charge in [0.05, 0.1) is 22.5 Å². The van der Waals surface area contributed by atoms with Crippen molar-refractivity contribution < 1.29 is 27.5 Å². The number of rotatable bonds is 4. The summed E-state index contributed by atoms with van der Waals surface area (Å²) >= 11 is 0. The molecule has 1 aliphatic rings. The fourth-order valence-corrected chi connectivity index (χ4v) is 3.92. The van der Waals surface area contributed by atoms with Gasteiger partial charge in [0.15, 0.2) is 0 Å². The van der Waals surface area contributed by atoms with Crippen LogP contribution in [0.4, 0.5) is 19.0 Å². The van der Waals surface area contributed by atoms with Crippen molar-refractivity contribution >= 4 is 22.7 Å². The molecule has 4 aromatic rings. The molecule has 0 bridgehead atoms. The zero-order chi connectivity index (χ0) is 23.9. The Hall–Kier alpha value is -4.08. The molecule has 0 N–H and O–H groups in total. The van der Waals surface area contributed by atoms with Gasteiger partial charge in [0, 0.05) is 47.6 Å². The summed E-state index contributed by atoms with van der Waals surface area (Å²) in [6, 6.07) is 13.5. The molecule has 1 fully saturated rings. The molecule has 1 saturated heterocycles. The SMILES string of the molecule is Cc1cc[n+](OC(=O)C(F)(F)F)cc1-c1nccnc1C1CN(c2ccc3ccccc3n2)C1. The summed E-state index contributed by atoms with van der Waals surface area (Å²) in [5.41, 5.74) is 3.47. The Kier molecular flexibility index (Phi) is 5.35. The van der Waals surface area contributed by atoms with Crippen LogP contribution in [-0.4, -0.2) is 40.2 Å². The van der Waals surface area contributed by atoms with Gasteiger partial charge in [-0.3, -0.25) is 9.97 Å². The second-order valence-corrected chi connectivity index (χ2v) is 8.03. The molecule has 4 heterocycles. The van der Waals surface area contributed by atoms with E-state index < -0.39 is 12.1 Å². The Morgan fingerprint density at radius 1 is 1.09 bits per heavy atom. The first-order valence-corrected chi connectivity index (χ1v) is 10.5. The molecular formula is C24H19F3N5O2+. The third kappa shape index (κ3) is 4.14. The van der Waals surface area contributed by atoms with E-state index in [2.05, 4.69) is 19.7 Å². The number of carbonyl (C=O) groups excluding carboxylic acids is 1. The lowest BCUT2D eigenvalue weighted by atomic mass is 9.91. The molecule has 1 aromatic carbocycles. The van der Waals surface area contributed by atoms with Crippen LogP contribution in [0.3, 0.4) is 0 Å². The first-order valence-electron chi connectivity index (χ1n) is 10.5. The van der Waals surface area contributed by atoms with E-state index in [4.69, 9.17) is 4.98 Å². The second kappa shape index (κ2) is 8.36. The Morgan fingerprint density at radius 3 is 2.65 bits per heavy atom. The van der Waals surface area contributed by atoms with Crippen LogP contribution in [0.5, 0.6) is 0 Å². The standard InChI is InChI=1S/C24H19F3N5O2/c1-15-8-11-32(34-23(33)24(25,26)27)14-18(15)22-21(28-9-10-29-22)17-12-31(13-17)20-7-6-16-4-2-3-5-19(16)30-20/h2-11,14,17H,12-13H2,1H3/q+1. The van der Waals surface area contributed by atoms with Crippen LogP contribution < -0.4 is 14.5 Å². The fourth-order valence-electron chi connectivity index (χ4n) is 3.92. The number of hydrogen-bond donors (Lipinski definition) is 0. The molecule has 0 atom stereocenters. The molecule has 1 aliphatic heterocycles. The van der Waals surface area contributed by atoms with Crippen LogP contribution in [0, 0.1) is 6.92 Å². The number of hydrogen-bond acceptors (Lipinski definition) is 6. The van der Waals surface area contributed by atoms with Crippen molar-refractivity contribution in [3.63, 3.8) is 0 Å². The zero-order valence-electron chi connectivity index (χ0n) is 18.0. The van der Waals surface area contributed by atoms with E-state index in [0.717, 1.165) is 32.7 Å². The molecule has 3 aromatic heterocycles. The number of fused-ring (bicyclic) bond motifs is 1. The zero-order valence-corrected chi connectivity index (χ0v) is 18.0. The number of benzene rings is 1. The lowest BCUT2D eigenvalue weighted by Gasteiger charge is -2.40. The summed E-state index contributed by atoms with van der Waals surface area (Å²) in [5, 5.41) is 1.07. The largest absolute Gasteiger partial charge is 0.498 e. The lowest BCUT2D eigenvalue weighted by molar-refractivity contribution is -0.870. The quantitative estimate of drug-likeness (QED) is 0.430. The Labute approximate surface area is 192 Å². The van der Waals surface area contributed by atoms with Crippen molar-refractivity contribution in [2.45, 2.75) is 19.0 Å². The molecule has 0 aliphatic carbocycles. The van der Waals surface area contributed by atoms with Gasteiger partial charge >= 0.3 is 12.1 Å². The van der Waals surface area contributed by atoms with Crippen LogP contribution in [0.2, 0.25) is 0 Å². The van der Waals surface area contributed by atoms with Crippen molar-refractivity contribution in [2.75, 3.05) is 18.0 Å². The van der Waals surface area contributed by atoms with Crippen molar-refractivity contribution in [2.24, 2.45) is 0 Å². The minimum Gasteiger partial charge on any atom is -0.355 e. The number of pyridine rings is 2. The second-order valence-electron chi connectivity index (χ2n) is 8.03. The van der Waals surface area contributed by atoms with Gasteiger partial charge in [-0.15, -0.1) is 0 Å². The Balaban J connectivity index is 1.39. The van der Waals surface area contributed by atoms with E-state index in [0.29, 0.717) is 24.3 Å². The first-order chi connectivity index (χ1) is 16.3. The van der Waals surface area contributed by atoms with E-state index in [-0.39, 0.29) is 5.92 Å². The third-order valence-corrected chi connectivity index (χ3v) is 5.73. The fraction of sp³-hybridized carbons (Fsp3) is 0.208. The Morgan fingerprint density at radius 2 is 1.85 bits per heavy atom.